The number of aromatic nitrogens is 1. The summed E-state index contributed by atoms with van der Waals surface area (Å²) in [5.74, 6) is -1.92. The third-order valence-electron chi connectivity index (χ3n) is 3.23. The molecule has 0 aliphatic carbocycles. The van der Waals surface area contributed by atoms with E-state index in [1.54, 1.807) is 4.90 Å². The number of carbonyl (C=O) groups is 2. The number of β-amino-alcohol motifs (C(OH)–C–C–N with tert-alkyl or cyclic N) is 1. The molecule has 2 heterocycles. The largest absolute Gasteiger partial charge is 0.475 e. The summed E-state index contributed by atoms with van der Waals surface area (Å²) in [7, 11) is 0. The molecule has 1 amide bonds. The molecule has 8 nitrogen and oxygen atoms in total. The van der Waals surface area contributed by atoms with E-state index in [9.17, 15) is 9.59 Å². The third-order valence-corrected chi connectivity index (χ3v) is 3.23. The molecule has 1 aromatic rings. The number of hydrogen-bond acceptors (Lipinski definition) is 6. The molecule has 1 aliphatic rings. The van der Waals surface area contributed by atoms with E-state index >= 15 is 0 Å². The lowest BCUT2D eigenvalue weighted by Crippen LogP contribution is -2.36. The number of rotatable bonds is 4. The lowest BCUT2D eigenvalue weighted by atomic mass is 10.3. The SMILES string of the molecule is O=C(O)c1cc(C(=O)N2CCCN(CCO)CC2)no1. The van der Waals surface area contributed by atoms with Gasteiger partial charge in [-0.3, -0.25) is 9.69 Å². The Morgan fingerprint density at radius 2 is 2.10 bits per heavy atom. The van der Waals surface area contributed by atoms with Gasteiger partial charge in [-0.1, -0.05) is 5.16 Å². The van der Waals surface area contributed by atoms with Crippen LogP contribution in [0.25, 0.3) is 0 Å². The van der Waals surface area contributed by atoms with Crippen molar-refractivity contribution in [3.63, 3.8) is 0 Å². The van der Waals surface area contributed by atoms with Crippen LogP contribution in [0.2, 0.25) is 0 Å². The van der Waals surface area contributed by atoms with E-state index in [0.717, 1.165) is 19.0 Å². The normalized spacial score (nSPS) is 16.9. The Balaban J connectivity index is 1.99. The van der Waals surface area contributed by atoms with Crippen molar-refractivity contribution in [2.75, 3.05) is 39.3 Å². The molecule has 0 bridgehead atoms. The molecular formula is C12H17N3O5. The standard InChI is InChI=1S/C12H17N3O5/c16-7-6-14-2-1-3-15(5-4-14)11(17)9-8-10(12(18)19)20-13-9/h8,16H,1-7H2,(H,18,19). The van der Waals surface area contributed by atoms with Crippen LogP contribution in [0.15, 0.2) is 10.6 Å². The van der Waals surface area contributed by atoms with Gasteiger partial charge in [0.15, 0.2) is 5.69 Å². The van der Waals surface area contributed by atoms with E-state index in [0.29, 0.717) is 26.2 Å². The summed E-state index contributed by atoms with van der Waals surface area (Å²) in [6, 6.07) is 1.14. The number of aromatic carboxylic acids is 1. The number of amides is 1. The molecule has 0 radical (unpaired) electrons. The molecule has 0 atom stereocenters. The topological polar surface area (TPSA) is 107 Å². The monoisotopic (exact) mass is 283 g/mol. The van der Waals surface area contributed by atoms with Crippen LogP contribution in [-0.2, 0) is 0 Å². The molecule has 2 N–H and O–H groups in total. The van der Waals surface area contributed by atoms with Gasteiger partial charge in [0.2, 0.25) is 5.76 Å². The Bertz CT molecular complexity index is 487. The maximum Gasteiger partial charge on any atom is 0.374 e. The number of carboxylic acids is 1. The summed E-state index contributed by atoms with van der Waals surface area (Å²) in [6.07, 6.45) is 0.801. The molecule has 0 saturated carbocycles. The summed E-state index contributed by atoms with van der Waals surface area (Å²) in [5.41, 5.74) is 0.0120. The number of aliphatic hydroxyl groups is 1. The zero-order chi connectivity index (χ0) is 14.5. The summed E-state index contributed by atoms with van der Waals surface area (Å²) in [4.78, 5) is 26.6. The minimum absolute atomic E-state index is 0.0120. The summed E-state index contributed by atoms with van der Waals surface area (Å²) >= 11 is 0. The first kappa shape index (κ1) is 14.5. The maximum absolute atomic E-state index is 12.2. The van der Waals surface area contributed by atoms with Gasteiger partial charge in [0.05, 0.1) is 6.61 Å². The van der Waals surface area contributed by atoms with Crippen molar-refractivity contribution in [3.8, 4) is 0 Å². The van der Waals surface area contributed by atoms with E-state index in [-0.39, 0.29) is 24.0 Å². The van der Waals surface area contributed by atoms with Crippen molar-refractivity contribution in [1.29, 1.82) is 0 Å². The number of nitrogens with zero attached hydrogens (tertiary/aromatic N) is 3. The van der Waals surface area contributed by atoms with Crippen LogP contribution < -0.4 is 0 Å². The highest BCUT2D eigenvalue weighted by atomic mass is 16.5. The van der Waals surface area contributed by atoms with Gasteiger partial charge in [-0.25, -0.2) is 4.79 Å². The molecule has 2 rings (SSSR count). The van der Waals surface area contributed by atoms with Crippen molar-refractivity contribution in [2.45, 2.75) is 6.42 Å². The van der Waals surface area contributed by atoms with Crippen LogP contribution in [0.5, 0.6) is 0 Å². The lowest BCUT2D eigenvalue weighted by molar-refractivity contribution is 0.0648. The molecule has 0 spiro atoms. The minimum atomic E-state index is -1.25. The van der Waals surface area contributed by atoms with Gasteiger partial charge in [-0.05, 0) is 13.0 Å². The molecule has 1 aromatic heterocycles. The van der Waals surface area contributed by atoms with Crippen LogP contribution in [0, 0.1) is 0 Å². The fourth-order valence-corrected chi connectivity index (χ4v) is 2.18. The molecular weight excluding hydrogens is 266 g/mol. The average Bonchev–Trinajstić information content (AvgIpc) is 2.80. The van der Waals surface area contributed by atoms with Crippen LogP contribution in [-0.4, -0.2) is 76.4 Å². The van der Waals surface area contributed by atoms with Crippen LogP contribution in [0.3, 0.4) is 0 Å². The Hall–Kier alpha value is -1.93. The van der Waals surface area contributed by atoms with E-state index in [1.807, 2.05) is 0 Å². The predicted molar refractivity (Wildman–Crippen MR) is 67.5 cm³/mol. The van der Waals surface area contributed by atoms with Crippen molar-refractivity contribution >= 4 is 11.9 Å². The summed E-state index contributed by atoms with van der Waals surface area (Å²) < 4.78 is 4.59. The second kappa shape index (κ2) is 6.49. The van der Waals surface area contributed by atoms with Crippen LogP contribution >= 0.6 is 0 Å². The second-order valence-corrected chi connectivity index (χ2v) is 4.59. The van der Waals surface area contributed by atoms with Gasteiger partial charge in [0, 0.05) is 32.2 Å². The molecule has 20 heavy (non-hydrogen) atoms. The van der Waals surface area contributed by atoms with Gasteiger partial charge >= 0.3 is 5.97 Å². The van der Waals surface area contributed by atoms with Gasteiger partial charge in [-0.15, -0.1) is 0 Å². The van der Waals surface area contributed by atoms with Crippen molar-refractivity contribution in [3.05, 3.63) is 17.5 Å². The Kier molecular flexibility index (Phi) is 4.70. The lowest BCUT2D eigenvalue weighted by Gasteiger charge is -2.20. The molecule has 8 heteroatoms. The first-order valence-electron chi connectivity index (χ1n) is 6.44. The van der Waals surface area contributed by atoms with Crippen LogP contribution in [0.4, 0.5) is 0 Å². The van der Waals surface area contributed by atoms with Crippen LogP contribution in [0.1, 0.15) is 27.5 Å². The molecule has 110 valence electrons. The van der Waals surface area contributed by atoms with Gasteiger partial charge < -0.3 is 19.6 Å². The van der Waals surface area contributed by atoms with Gasteiger partial charge in [0.25, 0.3) is 5.91 Å². The summed E-state index contributed by atoms with van der Waals surface area (Å²) in [6.45, 7) is 3.29. The minimum Gasteiger partial charge on any atom is -0.475 e. The average molecular weight is 283 g/mol. The van der Waals surface area contributed by atoms with E-state index in [4.69, 9.17) is 10.2 Å². The summed E-state index contributed by atoms with van der Waals surface area (Å²) in [5, 5.41) is 21.2. The van der Waals surface area contributed by atoms with E-state index in [1.165, 1.54) is 0 Å². The highest BCUT2D eigenvalue weighted by Gasteiger charge is 2.24. The van der Waals surface area contributed by atoms with Crippen molar-refractivity contribution in [1.82, 2.24) is 15.0 Å². The molecule has 0 unspecified atom stereocenters. The Morgan fingerprint density at radius 3 is 2.75 bits per heavy atom. The molecule has 1 saturated heterocycles. The highest BCUT2D eigenvalue weighted by Crippen LogP contribution is 2.10. The fourth-order valence-electron chi connectivity index (χ4n) is 2.18. The third kappa shape index (κ3) is 3.34. The Morgan fingerprint density at radius 1 is 1.30 bits per heavy atom. The fraction of sp³-hybridized carbons (Fsp3) is 0.583. The maximum atomic E-state index is 12.2. The quantitative estimate of drug-likeness (QED) is 0.768. The second-order valence-electron chi connectivity index (χ2n) is 4.59. The first-order chi connectivity index (χ1) is 9.61. The van der Waals surface area contributed by atoms with Crippen molar-refractivity contribution < 1.29 is 24.3 Å². The van der Waals surface area contributed by atoms with Crippen molar-refractivity contribution in [2.24, 2.45) is 0 Å². The van der Waals surface area contributed by atoms with E-state index in [2.05, 4.69) is 14.6 Å². The number of carboxylic acid groups (broad SMARTS) is 1. The number of aliphatic hydroxyl groups excluding tert-OH is 1. The smallest absolute Gasteiger partial charge is 0.374 e. The highest BCUT2D eigenvalue weighted by molar-refractivity contribution is 5.94. The van der Waals surface area contributed by atoms with Gasteiger partial charge in [-0.2, -0.15) is 0 Å². The van der Waals surface area contributed by atoms with E-state index < -0.39 is 5.97 Å². The Labute approximate surface area is 115 Å². The first-order valence-corrected chi connectivity index (χ1v) is 6.44. The molecule has 0 aromatic carbocycles. The predicted octanol–water partition coefficient (Wildman–Crippen LogP) is -0.487. The number of hydrogen-bond donors (Lipinski definition) is 2. The number of carbonyl (C=O) groups excluding carboxylic acids is 1. The van der Waals surface area contributed by atoms with Gasteiger partial charge in [0.1, 0.15) is 0 Å². The molecule has 1 aliphatic heterocycles. The zero-order valence-electron chi connectivity index (χ0n) is 11.0. The zero-order valence-corrected chi connectivity index (χ0v) is 11.0. The molecule has 1 fully saturated rings.